The molecule has 1 aliphatic rings. The van der Waals surface area contributed by atoms with E-state index >= 15 is 0 Å². The molecular weight excluding hydrogens is 342 g/mol. The van der Waals surface area contributed by atoms with Crippen molar-refractivity contribution >= 4 is 38.8 Å². The molecule has 0 spiro atoms. The number of carbonyl (C=O) groups excluding carboxylic acids is 1. The molecule has 0 radical (unpaired) electrons. The lowest BCUT2D eigenvalue weighted by Gasteiger charge is -2.22. The molecule has 0 atom stereocenters. The number of aromatic nitrogens is 3. The topological polar surface area (TPSA) is 47.3 Å². The van der Waals surface area contributed by atoms with Crippen LogP contribution in [0.4, 0.5) is 0 Å². The Bertz CT molecular complexity index is 645. The average molecular weight is 359 g/mol. The standard InChI is InChI=1S/C12H11BrClN3O.C2H6/c1-2-7-5-17-9(11(14)15-7)10(13)16-12(17)6-3-8(18)4-6;1-2/h5-6H,2-4H2,1H3;1-2H3. The molecule has 0 N–H and O–H groups in total. The van der Waals surface area contributed by atoms with Crippen LogP contribution in [0.5, 0.6) is 0 Å². The molecule has 20 heavy (non-hydrogen) atoms. The first-order chi connectivity index (χ1) is 9.60. The smallest absolute Gasteiger partial charge is 0.156 e. The van der Waals surface area contributed by atoms with E-state index in [1.165, 1.54) is 0 Å². The van der Waals surface area contributed by atoms with Crippen LogP contribution in [0.2, 0.25) is 5.15 Å². The van der Waals surface area contributed by atoms with Crippen molar-refractivity contribution in [2.45, 2.75) is 46.0 Å². The average Bonchev–Trinajstić information content (AvgIpc) is 2.74. The van der Waals surface area contributed by atoms with Crippen molar-refractivity contribution in [2.24, 2.45) is 0 Å². The molecule has 4 nitrogen and oxygen atoms in total. The van der Waals surface area contributed by atoms with Gasteiger partial charge in [-0.3, -0.25) is 9.20 Å². The lowest BCUT2D eigenvalue weighted by atomic mass is 9.83. The molecule has 3 rings (SSSR count). The summed E-state index contributed by atoms with van der Waals surface area (Å²) in [6, 6.07) is 0. The van der Waals surface area contributed by atoms with Gasteiger partial charge in [-0.25, -0.2) is 9.97 Å². The minimum absolute atomic E-state index is 0.208. The molecule has 2 heterocycles. The first-order valence-electron chi connectivity index (χ1n) is 6.84. The van der Waals surface area contributed by atoms with Crippen LogP contribution < -0.4 is 0 Å². The molecule has 6 heteroatoms. The molecule has 0 unspecified atom stereocenters. The second-order valence-electron chi connectivity index (χ2n) is 4.50. The SMILES string of the molecule is CC.CCc1cn2c(C3CC(=O)C3)nc(Br)c2c(Cl)n1. The Morgan fingerprint density at radius 2 is 2.05 bits per heavy atom. The lowest BCUT2D eigenvalue weighted by molar-refractivity contribution is -0.124. The number of hydrogen-bond acceptors (Lipinski definition) is 3. The summed E-state index contributed by atoms with van der Waals surface area (Å²) in [6.07, 6.45) is 3.92. The second-order valence-corrected chi connectivity index (χ2v) is 5.61. The van der Waals surface area contributed by atoms with Crippen LogP contribution in [-0.4, -0.2) is 20.2 Å². The van der Waals surface area contributed by atoms with E-state index in [2.05, 4.69) is 25.9 Å². The molecule has 108 valence electrons. The van der Waals surface area contributed by atoms with Crippen molar-refractivity contribution in [2.75, 3.05) is 0 Å². The Kier molecular flexibility index (Phi) is 4.81. The van der Waals surface area contributed by atoms with E-state index in [-0.39, 0.29) is 5.92 Å². The number of carbonyl (C=O) groups is 1. The Morgan fingerprint density at radius 1 is 1.40 bits per heavy atom. The number of aryl methyl sites for hydroxylation is 1. The highest BCUT2D eigenvalue weighted by molar-refractivity contribution is 9.10. The van der Waals surface area contributed by atoms with Gasteiger partial charge < -0.3 is 0 Å². The van der Waals surface area contributed by atoms with Gasteiger partial charge in [-0.05, 0) is 22.4 Å². The van der Waals surface area contributed by atoms with Gasteiger partial charge in [-0.1, -0.05) is 32.4 Å². The Hall–Kier alpha value is -0.940. The highest BCUT2D eigenvalue weighted by atomic mass is 79.9. The minimum Gasteiger partial charge on any atom is -0.300 e. The third kappa shape index (κ3) is 2.61. The van der Waals surface area contributed by atoms with Gasteiger partial charge in [0, 0.05) is 25.0 Å². The molecule has 0 bridgehead atoms. The molecule has 0 saturated heterocycles. The van der Waals surface area contributed by atoms with Gasteiger partial charge in [-0.2, -0.15) is 0 Å². The molecule has 1 saturated carbocycles. The molecule has 0 amide bonds. The van der Waals surface area contributed by atoms with E-state index < -0.39 is 0 Å². The Balaban J connectivity index is 0.000000704. The van der Waals surface area contributed by atoms with Crippen molar-refractivity contribution in [1.82, 2.24) is 14.4 Å². The van der Waals surface area contributed by atoms with Crippen molar-refractivity contribution in [3.63, 3.8) is 0 Å². The van der Waals surface area contributed by atoms with E-state index in [9.17, 15) is 4.79 Å². The second kappa shape index (κ2) is 6.22. The third-order valence-corrected chi connectivity index (χ3v) is 4.10. The van der Waals surface area contributed by atoms with E-state index in [1.54, 1.807) is 0 Å². The number of imidazole rings is 1. The van der Waals surface area contributed by atoms with Crippen LogP contribution in [0.25, 0.3) is 5.52 Å². The van der Waals surface area contributed by atoms with Gasteiger partial charge in [0.05, 0.1) is 5.69 Å². The van der Waals surface area contributed by atoms with Crippen molar-refractivity contribution < 1.29 is 4.79 Å². The van der Waals surface area contributed by atoms with Crippen LogP contribution in [-0.2, 0) is 11.2 Å². The summed E-state index contributed by atoms with van der Waals surface area (Å²) in [5, 5.41) is 0.450. The van der Waals surface area contributed by atoms with E-state index in [1.807, 2.05) is 31.4 Å². The summed E-state index contributed by atoms with van der Waals surface area (Å²) < 4.78 is 2.66. The van der Waals surface area contributed by atoms with Crippen molar-refractivity contribution in [3.05, 3.63) is 27.5 Å². The summed E-state index contributed by atoms with van der Waals surface area (Å²) in [5.41, 5.74) is 1.70. The zero-order chi connectivity index (χ0) is 14.9. The fraction of sp³-hybridized carbons (Fsp3) is 0.500. The first-order valence-corrected chi connectivity index (χ1v) is 8.01. The Labute approximate surface area is 131 Å². The molecule has 2 aromatic rings. The van der Waals surface area contributed by atoms with Crippen molar-refractivity contribution in [3.8, 4) is 0 Å². The summed E-state index contributed by atoms with van der Waals surface area (Å²) >= 11 is 9.60. The molecule has 1 fully saturated rings. The number of Topliss-reactive ketones (excluding diaryl/α,β-unsaturated/α-hetero) is 1. The van der Waals surface area contributed by atoms with E-state index in [4.69, 9.17) is 11.6 Å². The molecule has 0 aromatic carbocycles. The first kappa shape index (κ1) is 15.4. The lowest BCUT2D eigenvalue weighted by Crippen LogP contribution is -2.23. The van der Waals surface area contributed by atoms with Crippen LogP contribution in [0.1, 0.15) is 51.0 Å². The zero-order valence-electron chi connectivity index (χ0n) is 11.8. The fourth-order valence-electron chi connectivity index (χ4n) is 2.22. The van der Waals surface area contributed by atoms with Crippen LogP contribution in [0, 0.1) is 0 Å². The zero-order valence-corrected chi connectivity index (χ0v) is 14.1. The van der Waals surface area contributed by atoms with Gasteiger partial charge in [0.25, 0.3) is 0 Å². The van der Waals surface area contributed by atoms with Crippen LogP contribution >= 0.6 is 27.5 Å². The van der Waals surface area contributed by atoms with Gasteiger partial charge in [0.1, 0.15) is 21.7 Å². The summed E-state index contributed by atoms with van der Waals surface area (Å²) in [5.74, 6) is 1.40. The minimum atomic E-state index is 0.208. The highest BCUT2D eigenvalue weighted by Crippen LogP contribution is 2.36. The number of rotatable bonds is 2. The van der Waals surface area contributed by atoms with Gasteiger partial charge in [0.15, 0.2) is 5.15 Å². The highest BCUT2D eigenvalue weighted by Gasteiger charge is 2.32. The van der Waals surface area contributed by atoms with E-state index in [0.29, 0.717) is 28.4 Å². The van der Waals surface area contributed by atoms with Crippen LogP contribution in [0.3, 0.4) is 0 Å². The predicted molar refractivity (Wildman–Crippen MR) is 83.4 cm³/mol. The fourth-order valence-corrected chi connectivity index (χ4v) is 3.19. The maximum absolute atomic E-state index is 11.1. The molecular formula is C14H17BrClN3O. The largest absolute Gasteiger partial charge is 0.300 e. The van der Waals surface area contributed by atoms with Crippen molar-refractivity contribution in [1.29, 1.82) is 0 Å². The number of halogens is 2. The van der Waals surface area contributed by atoms with E-state index in [0.717, 1.165) is 23.5 Å². The number of nitrogens with zero attached hydrogens (tertiary/aromatic N) is 3. The van der Waals surface area contributed by atoms with Gasteiger partial charge >= 0.3 is 0 Å². The van der Waals surface area contributed by atoms with Crippen LogP contribution in [0.15, 0.2) is 10.8 Å². The summed E-state index contributed by atoms with van der Waals surface area (Å²) in [7, 11) is 0. The molecule has 2 aromatic heterocycles. The number of hydrogen-bond donors (Lipinski definition) is 0. The normalized spacial score (nSPS) is 14.9. The quantitative estimate of drug-likeness (QED) is 0.809. The number of ketones is 1. The number of fused-ring (bicyclic) bond motifs is 1. The van der Waals surface area contributed by atoms with Gasteiger partial charge in [0.2, 0.25) is 0 Å². The summed E-state index contributed by atoms with van der Waals surface area (Å²) in [6.45, 7) is 6.03. The Morgan fingerprint density at radius 3 is 2.60 bits per heavy atom. The maximum Gasteiger partial charge on any atom is 0.156 e. The molecule has 1 aliphatic carbocycles. The van der Waals surface area contributed by atoms with Gasteiger partial charge in [-0.15, -0.1) is 0 Å². The third-order valence-electron chi connectivity index (χ3n) is 3.29. The summed E-state index contributed by atoms with van der Waals surface area (Å²) in [4.78, 5) is 19.9. The predicted octanol–water partition coefficient (Wildman–Crippen LogP) is 4.18. The molecule has 0 aliphatic heterocycles. The monoisotopic (exact) mass is 357 g/mol. The maximum atomic E-state index is 11.1.